The van der Waals surface area contributed by atoms with Crippen LogP contribution in [-0.2, 0) is 4.79 Å². The predicted molar refractivity (Wildman–Crippen MR) is 71.1 cm³/mol. The van der Waals surface area contributed by atoms with Crippen molar-refractivity contribution in [2.75, 3.05) is 19.0 Å². The third-order valence-electron chi connectivity index (χ3n) is 2.69. The van der Waals surface area contributed by atoms with Crippen molar-refractivity contribution in [3.63, 3.8) is 0 Å². The first kappa shape index (κ1) is 14.9. The molecule has 0 fully saturated rings. The number of carbonyl (C=O) groups excluding carboxylic acids is 1. The Bertz CT molecular complexity index is 476. The molecule has 0 saturated heterocycles. The van der Waals surface area contributed by atoms with Gasteiger partial charge in [0.2, 0.25) is 5.91 Å². The summed E-state index contributed by atoms with van der Waals surface area (Å²) >= 11 is 0. The Morgan fingerprint density at radius 2 is 2.26 bits per heavy atom. The number of nitro groups is 1. The van der Waals surface area contributed by atoms with Crippen LogP contribution in [0.2, 0.25) is 0 Å². The van der Waals surface area contributed by atoms with Gasteiger partial charge in [0.05, 0.1) is 12.0 Å². The van der Waals surface area contributed by atoms with Crippen LogP contribution < -0.4 is 15.8 Å². The summed E-state index contributed by atoms with van der Waals surface area (Å²) in [5, 5.41) is 13.5. The van der Waals surface area contributed by atoms with Crippen LogP contribution in [0.3, 0.4) is 0 Å². The second-order valence-electron chi connectivity index (χ2n) is 4.11. The zero-order valence-corrected chi connectivity index (χ0v) is 10.9. The lowest BCUT2D eigenvalue weighted by Crippen LogP contribution is -2.22. The zero-order chi connectivity index (χ0) is 14.4. The SMILES string of the molecule is COc1ccc(NC(=O)C(C)CCN)cc1[N+](=O)[O-]. The molecular formula is C12H17N3O4. The standard InChI is InChI=1S/C12H17N3O4/c1-8(5-6-13)12(16)14-9-3-4-11(19-2)10(7-9)15(17)18/h3-4,7-8H,5-6,13H2,1-2H3,(H,14,16). The summed E-state index contributed by atoms with van der Waals surface area (Å²) < 4.78 is 4.88. The lowest BCUT2D eigenvalue weighted by Gasteiger charge is -2.11. The third kappa shape index (κ3) is 3.92. The molecule has 1 amide bonds. The first-order valence-corrected chi connectivity index (χ1v) is 5.83. The molecule has 0 saturated carbocycles. The lowest BCUT2D eigenvalue weighted by molar-refractivity contribution is -0.385. The highest BCUT2D eigenvalue weighted by Crippen LogP contribution is 2.29. The first-order valence-electron chi connectivity index (χ1n) is 5.83. The van der Waals surface area contributed by atoms with Crippen molar-refractivity contribution in [2.45, 2.75) is 13.3 Å². The highest BCUT2D eigenvalue weighted by molar-refractivity contribution is 5.92. The Balaban J connectivity index is 2.88. The molecule has 104 valence electrons. The Labute approximate surface area is 110 Å². The summed E-state index contributed by atoms with van der Waals surface area (Å²) in [6.07, 6.45) is 0.560. The molecule has 1 aromatic rings. The second kappa shape index (κ2) is 6.69. The van der Waals surface area contributed by atoms with E-state index in [0.29, 0.717) is 18.7 Å². The molecule has 1 aromatic carbocycles. The molecular weight excluding hydrogens is 250 g/mol. The predicted octanol–water partition coefficient (Wildman–Crippen LogP) is 1.53. The van der Waals surface area contributed by atoms with Gasteiger partial charge in [-0.15, -0.1) is 0 Å². The fourth-order valence-corrected chi connectivity index (χ4v) is 1.56. The highest BCUT2D eigenvalue weighted by Gasteiger charge is 2.17. The summed E-state index contributed by atoms with van der Waals surface area (Å²) in [6, 6.07) is 4.27. The van der Waals surface area contributed by atoms with Gasteiger partial charge in [0.15, 0.2) is 5.75 Å². The van der Waals surface area contributed by atoms with Gasteiger partial charge in [-0.3, -0.25) is 14.9 Å². The Morgan fingerprint density at radius 3 is 2.79 bits per heavy atom. The summed E-state index contributed by atoms with van der Waals surface area (Å²) in [6.45, 7) is 2.16. The summed E-state index contributed by atoms with van der Waals surface area (Å²) in [4.78, 5) is 22.1. The van der Waals surface area contributed by atoms with E-state index in [9.17, 15) is 14.9 Å². The Morgan fingerprint density at radius 1 is 1.58 bits per heavy atom. The van der Waals surface area contributed by atoms with Gasteiger partial charge in [0.25, 0.3) is 0 Å². The minimum Gasteiger partial charge on any atom is -0.490 e. The van der Waals surface area contributed by atoms with Crippen molar-refractivity contribution in [3.8, 4) is 5.75 Å². The number of hydrogen-bond acceptors (Lipinski definition) is 5. The molecule has 1 atom stereocenters. The number of amides is 1. The van der Waals surface area contributed by atoms with Gasteiger partial charge in [-0.1, -0.05) is 6.92 Å². The molecule has 7 nitrogen and oxygen atoms in total. The summed E-state index contributed by atoms with van der Waals surface area (Å²) in [5.74, 6) is -0.311. The van der Waals surface area contributed by atoms with E-state index in [4.69, 9.17) is 10.5 Å². The van der Waals surface area contributed by atoms with E-state index >= 15 is 0 Å². The number of nitrogens with two attached hydrogens (primary N) is 1. The highest BCUT2D eigenvalue weighted by atomic mass is 16.6. The monoisotopic (exact) mass is 267 g/mol. The van der Waals surface area contributed by atoms with Gasteiger partial charge in [-0.2, -0.15) is 0 Å². The average molecular weight is 267 g/mol. The molecule has 1 unspecified atom stereocenters. The number of hydrogen-bond donors (Lipinski definition) is 2. The largest absolute Gasteiger partial charge is 0.490 e. The molecule has 0 aromatic heterocycles. The van der Waals surface area contributed by atoms with E-state index in [1.165, 1.54) is 19.2 Å². The van der Waals surface area contributed by atoms with Gasteiger partial charge >= 0.3 is 5.69 Å². The maximum Gasteiger partial charge on any atom is 0.312 e. The molecule has 0 aliphatic carbocycles. The van der Waals surface area contributed by atoms with Crippen LogP contribution in [0.5, 0.6) is 5.75 Å². The maximum atomic E-state index is 11.8. The molecule has 0 radical (unpaired) electrons. The van der Waals surface area contributed by atoms with Crippen molar-refractivity contribution < 1.29 is 14.5 Å². The quantitative estimate of drug-likeness (QED) is 0.600. The minimum absolute atomic E-state index is 0.151. The average Bonchev–Trinajstić information content (AvgIpc) is 2.38. The number of nitrogens with one attached hydrogen (secondary N) is 1. The molecule has 0 heterocycles. The van der Waals surface area contributed by atoms with E-state index in [-0.39, 0.29) is 23.3 Å². The van der Waals surface area contributed by atoms with Crippen LogP contribution >= 0.6 is 0 Å². The van der Waals surface area contributed by atoms with E-state index in [1.807, 2.05) is 0 Å². The number of methoxy groups -OCH3 is 1. The van der Waals surface area contributed by atoms with E-state index < -0.39 is 4.92 Å². The van der Waals surface area contributed by atoms with Gasteiger partial charge in [0.1, 0.15) is 0 Å². The number of anilines is 1. The molecule has 0 aliphatic rings. The summed E-state index contributed by atoms with van der Waals surface area (Å²) in [7, 11) is 1.35. The molecule has 0 aliphatic heterocycles. The number of nitro benzene ring substituents is 1. The van der Waals surface area contributed by atoms with E-state index in [2.05, 4.69) is 5.32 Å². The molecule has 0 spiro atoms. The van der Waals surface area contributed by atoms with E-state index in [1.54, 1.807) is 13.0 Å². The number of nitrogens with zero attached hydrogens (tertiary/aromatic N) is 1. The topological polar surface area (TPSA) is 107 Å². The Hall–Kier alpha value is -2.15. The molecule has 3 N–H and O–H groups in total. The lowest BCUT2D eigenvalue weighted by atomic mass is 10.1. The number of carbonyl (C=O) groups is 1. The second-order valence-corrected chi connectivity index (χ2v) is 4.11. The first-order chi connectivity index (χ1) is 8.99. The number of rotatable bonds is 6. The van der Waals surface area contributed by atoms with Crippen LogP contribution in [0.4, 0.5) is 11.4 Å². The Kier molecular flexibility index (Phi) is 5.25. The van der Waals surface area contributed by atoms with Crippen molar-refractivity contribution in [1.82, 2.24) is 0 Å². The molecule has 19 heavy (non-hydrogen) atoms. The van der Waals surface area contributed by atoms with Crippen LogP contribution in [-0.4, -0.2) is 24.5 Å². The van der Waals surface area contributed by atoms with Crippen LogP contribution in [0, 0.1) is 16.0 Å². The smallest absolute Gasteiger partial charge is 0.312 e. The molecule has 0 bridgehead atoms. The fourth-order valence-electron chi connectivity index (χ4n) is 1.56. The number of benzene rings is 1. The zero-order valence-electron chi connectivity index (χ0n) is 10.9. The van der Waals surface area contributed by atoms with Gasteiger partial charge in [0, 0.05) is 17.7 Å². The van der Waals surface area contributed by atoms with Crippen LogP contribution in [0.1, 0.15) is 13.3 Å². The van der Waals surface area contributed by atoms with Crippen molar-refractivity contribution in [3.05, 3.63) is 28.3 Å². The summed E-state index contributed by atoms with van der Waals surface area (Å²) in [5.41, 5.74) is 5.55. The van der Waals surface area contributed by atoms with Crippen molar-refractivity contribution in [2.24, 2.45) is 11.7 Å². The minimum atomic E-state index is -0.558. The van der Waals surface area contributed by atoms with Crippen LogP contribution in [0.15, 0.2) is 18.2 Å². The fraction of sp³-hybridized carbons (Fsp3) is 0.417. The van der Waals surface area contributed by atoms with Gasteiger partial charge in [-0.05, 0) is 25.1 Å². The maximum absolute atomic E-state index is 11.8. The van der Waals surface area contributed by atoms with Crippen molar-refractivity contribution in [1.29, 1.82) is 0 Å². The normalized spacial score (nSPS) is 11.7. The third-order valence-corrected chi connectivity index (χ3v) is 2.69. The molecule has 1 rings (SSSR count). The van der Waals surface area contributed by atoms with Gasteiger partial charge < -0.3 is 15.8 Å². The van der Waals surface area contributed by atoms with Gasteiger partial charge in [-0.25, -0.2) is 0 Å². The van der Waals surface area contributed by atoms with Crippen LogP contribution in [0.25, 0.3) is 0 Å². The van der Waals surface area contributed by atoms with Crippen molar-refractivity contribution >= 4 is 17.3 Å². The molecule has 7 heteroatoms. The van der Waals surface area contributed by atoms with E-state index in [0.717, 1.165) is 0 Å². The number of ether oxygens (including phenoxy) is 1.